The van der Waals surface area contributed by atoms with Gasteiger partial charge in [0.15, 0.2) is 5.82 Å². The number of aryl methyl sites for hydroxylation is 1. The third-order valence-corrected chi connectivity index (χ3v) is 4.20. The van der Waals surface area contributed by atoms with Gasteiger partial charge in [-0.05, 0) is 49.4 Å². The Balaban J connectivity index is 1.45. The molecule has 4 N–H and O–H groups in total. The molecule has 0 saturated heterocycles. The minimum absolute atomic E-state index is 0.392. The lowest BCUT2D eigenvalue weighted by Gasteiger charge is -2.11. The zero-order chi connectivity index (χ0) is 21.6. The van der Waals surface area contributed by atoms with Gasteiger partial charge in [0.05, 0.1) is 11.3 Å². The minimum atomic E-state index is -0.392. The van der Waals surface area contributed by atoms with Crippen LogP contribution in [0.2, 0.25) is 0 Å². The molecule has 0 aliphatic rings. The van der Waals surface area contributed by atoms with Crippen molar-refractivity contribution in [1.29, 1.82) is 0 Å². The average Bonchev–Trinajstić information content (AvgIpc) is 3.20. The Morgan fingerprint density at radius 1 is 1.03 bits per heavy atom. The Kier molecular flexibility index (Phi) is 5.70. The van der Waals surface area contributed by atoms with Crippen LogP contribution in [0, 0.1) is 6.92 Å². The molecule has 2 amide bonds. The van der Waals surface area contributed by atoms with Crippen molar-refractivity contribution in [2.45, 2.75) is 6.92 Å². The van der Waals surface area contributed by atoms with E-state index in [0.29, 0.717) is 34.8 Å². The molecular weight excluding hydrogens is 396 g/mol. The molecule has 31 heavy (non-hydrogen) atoms. The molecule has 0 bridgehead atoms. The third-order valence-electron chi connectivity index (χ3n) is 4.20. The van der Waals surface area contributed by atoms with E-state index < -0.39 is 6.03 Å². The van der Waals surface area contributed by atoms with Crippen LogP contribution in [-0.4, -0.2) is 38.2 Å². The first-order valence-electron chi connectivity index (χ1n) is 9.45. The highest BCUT2D eigenvalue weighted by molar-refractivity contribution is 5.99. The number of aromatic nitrogens is 5. The normalized spacial score (nSPS) is 10.4. The fourth-order valence-corrected chi connectivity index (χ4v) is 2.77. The average molecular weight is 416 g/mol. The Morgan fingerprint density at radius 3 is 2.61 bits per heavy atom. The number of hydrogen-bond donors (Lipinski definition) is 4. The summed E-state index contributed by atoms with van der Waals surface area (Å²) in [5.41, 5.74) is 2.88. The van der Waals surface area contributed by atoms with Gasteiger partial charge in [-0.2, -0.15) is 5.10 Å². The zero-order valence-corrected chi connectivity index (χ0v) is 16.9. The highest BCUT2D eigenvalue weighted by Crippen LogP contribution is 2.30. The van der Waals surface area contributed by atoms with Crippen LogP contribution in [0.3, 0.4) is 0 Å². The third kappa shape index (κ3) is 4.93. The molecule has 4 rings (SSSR count). The number of rotatable bonds is 6. The molecule has 3 aromatic heterocycles. The van der Waals surface area contributed by atoms with Crippen molar-refractivity contribution in [2.24, 2.45) is 0 Å². The number of ether oxygens (including phenoxy) is 1. The fraction of sp³-hybridized carbons (Fsp3) is 0.0952. The van der Waals surface area contributed by atoms with E-state index in [9.17, 15) is 4.79 Å². The van der Waals surface area contributed by atoms with Gasteiger partial charge in [-0.15, -0.1) is 0 Å². The Bertz CT molecular complexity index is 1190. The highest BCUT2D eigenvalue weighted by Gasteiger charge is 2.11. The molecular formula is C21H20N8O2. The smallest absolute Gasteiger partial charge is 0.324 e. The maximum absolute atomic E-state index is 12.1. The lowest BCUT2D eigenvalue weighted by molar-refractivity contribution is 0.262. The van der Waals surface area contributed by atoms with E-state index in [1.54, 1.807) is 55.8 Å². The van der Waals surface area contributed by atoms with Crippen LogP contribution in [0.1, 0.15) is 5.69 Å². The van der Waals surface area contributed by atoms with Gasteiger partial charge in [-0.25, -0.2) is 19.7 Å². The molecule has 156 valence electrons. The number of nitrogens with one attached hydrogen (secondary N) is 4. The van der Waals surface area contributed by atoms with E-state index in [4.69, 9.17) is 4.74 Å². The minimum Gasteiger partial charge on any atom is -0.438 e. The summed E-state index contributed by atoms with van der Waals surface area (Å²) in [7, 11) is 1.76. The maximum Gasteiger partial charge on any atom is 0.324 e. The quantitative estimate of drug-likeness (QED) is 0.373. The number of aromatic amines is 1. The second-order valence-corrected chi connectivity index (χ2v) is 6.51. The first-order chi connectivity index (χ1) is 15.1. The van der Waals surface area contributed by atoms with Crippen molar-refractivity contribution in [2.75, 3.05) is 23.0 Å². The monoisotopic (exact) mass is 416 g/mol. The largest absolute Gasteiger partial charge is 0.438 e. The summed E-state index contributed by atoms with van der Waals surface area (Å²) < 4.78 is 5.96. The maximum atomic E-state index is 12.1. The standard InChI is InChI=1S/C21H20N8O2/c1-13-12-18(29-28-13)27-21(30)25-14-5-7-15(8-6-14)31-19-16(4-3-10-23-19)17-9-11-24-20(22-2)26-17/h3-12H,1-2H3,(H,22,24,26)(H3,25,27,28,29,30). The number of hydrogen-bond acceptors (Lipinski definition) is 7. The number of amides is 2. The molecule has 1 aromatic carbocycles. The van der Waals surface area contributed by atoms with Gasteiger partial charge >= 0.3 is 6.03 Å². The van der Waals surface area contributed by atoms with Crippen LogP contribution in [0.5, 0.6) is 11.6 Å². The molecule has 0 spiro atoms. The van der Waals surface area contributed by atoms with Gasteiger partial charge in [0, 0.05) is 36.9 Å². The highest BCUT2D eigenvalue weighted by atomic mass is 16.5. The predicted octanol–water partition coefficient (Wildman–Crippen LogP) is 4.05. The van der Waals surface area contributed by atoms with Gasteiger partial charge in [0.2, 0.25) is 11.8 Å². The molecule has 0 saturated carbocycles. The summed E-state index contributed by atoms with van der Waals surface area (Å²) in [5.74, 6) is 1.93. The number of nitrogens with zero attached hydrogens (tertiary/aromatic N) is 4. The van der Waals surface area contributed by atoms with E-state index in [-0.39, 0.29) is 0 Å². The van der Waals surface area contributed by atoms with E-state index >= 15 is 0 Å². The molecule has 0 unspecified atom stereocenters. The summed E-state index contributed by atoms with van der Waals surface area (Å²) in [5, 5.41) is 15.0. The Morgan fingerprint density at radius 2 is 1.87 bits per heavy atom. The van der Waals surface area contributed by atoms with Crippen LogP contribution in [0.4, 0.5) is 22.2 Å². The lowest BCUT2D eigenvalue weighted by Crippen LogP contribution is -2.19. The van der Waals surface area contributed by atoms with E-state index in [1.165, 1.54) is 0 Å². The number of anilines is 3. The van der Waals surface area contributed by atoms with Crippen LogP contribution in [0.25, 0.3) is 11.3 Å². The topological polar surface area (TPSA) is 130 Å². The van der Waals surface area contributed by atoms with Crippen molar-refractivity contribution in [3.8, 4) is 22.9 Å². The molecule has 3 heterocycles. The van der Waals surface area contributed by atoms with Crippen LogP contribution < -0.4 is 20.7 Å². The second-order valence-electron chi connectivity index (χ2n) is 6.51. The molecule has 0 fully saturated rings. The fourth-order valence-electron chi connectivity index (χ4n) is 2.77. The first kappa shape index (κ1) is 19.8. The van der Waals surface area contributed by atoms with E-state index in [1.807, 2.05) is 19.1 Å². The molecule has 10 heteroatoms. The lowest BCUT2D eigenvalue weighted by atomic mass is 10.2. The number of benzene rings is 1. The Hall–Kier alpha value is -4.47. The van der Waals surface area contributed by atoms with Gasteiger partial charge in [0.1, 0.15) is 5.75 Å². The van der Waals surface area contributed by atoms with Gasteiger partial charge in [-0.1, -0.05) is 0 Å². The predicted molar refractivity (Wildman–Crippen MR) is 117 cm³/mol. The zero-order valence-electron chi connectivity index (χ0n) is 16.9. The molecule has 4 aromatic rings. The van der Waals surface area contributed by atoms with Crippen molar-refractivity contribution in [1.82, 2.24) is 25.1 Å². The molecule has 0 radical (unpaired) electrons. The number of urea groups is 1. The van der Waals surface area contributed by atoms with Crippen molar-refractivity contribution in [3.05, 3.63) is 66.6 Å². The van der Waals surface area contributed by atoms with Crippen molar-refractivity contribution < 1.29 is 9.53 Å². The molecule has 10 nitrogen and oxygen atoms in total. The van der Waals surface area contributed by atoms with Gasteiger partial charge in [0.25, 0.3) is 0 Å². The number of pyridine rings is 1. The van der Waals surface area contributed by atoms with Gasteiger partial charge in [-0.3, -0.25) is 10.4 Å². The summed E-state index contributed by atoms with van der Waals surface area (Å²) in [6.07, 6.45) is 3.32. The first-order valence-corrected chi connectivity index (χ1v) is 9.45. The molecule has 0 atom stereocenters. The molecule has 0 aliphatic heterocycles. The van der Waals surface area contributed by atoms with Crippen LogP contribution >= 0.6 is 0 Å². The molecule has 0 aliphatic carbocycles. The number of carbonyl (C=O) groups is 1. The van der Waals surface area contributed by atoms with Gasteiger partial charge < -0.3 is 15.4 Å². The van der Waals surface area contributed by atoms with Crippen LogP contribution in [-0.2, 0) is 0 Å². The van der Waals surface area contributed by atoms with E-state index in [2.05, 4.69) is 41.1 Å². The van der Waals surface area contributed by atoms with Crippen molar-refractivity contribution >= 4 is 23.5 Å². The summed E-state index contributed by atoms with van der Waals surface area (Å²) >= 11 is 0. The summed E-state index contributed by atoms with van der Waals surface area (Å²) in [6, 6.07) is 13.8. The summed E-state index contributed by atoms with van der Waals surface area (Å²) in [4.78, 5) is 25.0. The second kappa shape index (κ2) is 8.91. The van der Waals surface area contributed by atoms with E-state index in [0.717, 1.165) is 11.3 Å². The Labute approximate surface area is 178 Å². The SMILES string of the molecule is CNc1nccc(-c2cccnc2Oc2ccc(NC(=O)Nc3cc(C)[nH]n3)cc2)n1. The number of carbonyl (C=O) groups excluding carboxylic acids is 1. The number of H-pyrrole nitrogens is 1. The van der Waals surface area contributed by atoms with Crippen LogP contribution in [0.15, 0.2) is 60.9 Å². The summed E-state index contributed by atoms with van der Waals surface area (Å²) in [6.45, 7) is 1.85. The van der Waals surface area contributed by atoms with Crippen molar-refractivity contribution in [3.63, 3.8) is 0 Å².